The van der Waals surface area contributed by atoms with E-state index in [4.69, 9.17) is 5.11 Å². The second-order valence-electron chi connectivity index (χ2n) is 1.14. The van der Waals surface area contributed by atoms with E-state index < -0.39 is 5.97 Å². The van der Waals surface area contributed by atoms with Crippen molar-refractivity contribution in [2.75, 3.05) is 0 Å². The Hall–Kier alpha value is 0.860. The fourth-order valence-corrected chi connectivity index (χ4v) is 0.214. The van der Waals surface area contributed by atoms with Crippen molar-refractivity contribution < 1.29 is 29.4 Å². The molecule has 42 valence electrons. The van der Waals surface area contributed by atoms with E-state index in [-0.39, 0.29) is 42.5 Å². The van der Waals surface area contributed by atoms with Crippen LogP contribution < -0.4 is 0 Å². The standard InChI is InChI=1S/C4H8O2.Mg.Zn.2H/c1-2-3-4(5)6;;;;/h2-3H2,1H3,(H,5,6);;;;. The van der Waals surface area contributed by atoms with Gasteiger partial charge >= 0.3 is 29.0 Å². The predicted octanol–water partition coefficient (Wildman–Crippen LogP) is -0.0476. The molecule has 8 heavy (non-hydrogen) atoms. The van der Waals surface area contributed by atoms with Crippen LogP contribution in [-0.4, -0.2) is 34.1 Å². The molecule has 0 saturated carbocycles. The molecule has 0 unspecified atom stereocenters. The van der Waals surface area contributed by atoms with Crippen LogP contribution in [0, 0.1) is 0 Å². The fraction of sp³-hybridized carbons (Fsp3) is 0.750. The van der Waals surface area contributed by atoms with Crippen molar-refractivity contribution in [2.45, 2.75) is 19.8 Å². The zero-order valence-electron chi connectivity index (χ0n) is 4.48. The molecule has 0 aromatic heterocycles. The quantitative estimate of drug-likeness (QED) is 0.604. The summed E-state index contributed by atoms with van der Waals surface area (Å²) in [5.74, 6) is -0.711. The molecule has 0 aromatic carbocycles. The van der Waals surface area contributed by atoms with Crippen molar-refractivity contribution in [3.05, 3.63) is 0 Å². The van der Waals surface area contributed by atoms with Gasteiger partial charge in [-0.25, -0.2) is 0 Å². The van der Waals surface area contributed by atoms with E-state index in [9.17, 15) is 4.79 Å². The van der Waals surface area contributed by atoms with Crippen LogP contribution in [0.25, 0.3) is 0 Å². The maximum atomic E-state index is 9.60. The van der Waals surface area contributed by atoms with Crippen molar-refractivity contribution in [1.82, 2.24) is 0 Å². The van der Waals surface area contributed by atoms with Crippen molar-refractivity contribution in [1.29, 1.82) is 0 Å². The summed E-state index contributed by atoms with van der Waals surface area (Å²) in [7, 11) is 0. The molecule has 0 aliphatic carbocycles. The number of aliphatic carboxylic acids is 1. The number of carboxylic acids is 1. The molecule has 0 rings (SSSR count). The van der Waals surface area contributed by atoms with Gasteiger partial charge in [0.1, 0.15) is 0 Å². The van der Waals surface area contributed by atoms with E-state index in [0.29, 0.717) is 6.42 Å². The van der Waals surface area contributed by atoms with Gasteiger partial charge in [-0.3, -0.25) is 4.79 Å². The largest absolute Gasteiger partial charge is 0.481 e. The van der Waals surface area contributed by atoms with Crippen LogP contribution in [0.5, 0.6) is 0 Å². The van der Waals surface area contributed by atoms with Crippen molar-refractivity contribution in [3.8, 4) is 0 Å². The molecule has 1 N–H and O–H groups in total. The van der Waals surface area contributed by atoms with E-state index in [0.717, 1.165) is 6.42 Å². The van der Waals surface area contributed by atoms with E-state index in [1.165, 1.54) is 0 Å². The first-order valence-electron chi connectivity index (χ1n) is 1.99. The molecule has 0 atom stereocenters. The summed E-state index contributed by atoms with van der Waals surface area (Å²) in [6.45, 7) is 1.84. The summed E-state index contributed by atoms with van der Waals surface area (Å²) in [6, 6.07) is 0. The van der Waals surface area contributed by atoms with E-state index in [2.05, 4.69) is 0 Å². The van der Waals surface area contributed by atoms with Gasteiger partial charge in [-0.1, -0.05) is 6.92 Å². The summed E-state index contributed by atoms with van der Waals surface area (Å²) in [4.78, 5) is 9.60. The van der Waals surface area contributed by atoms with Gasteiger partial charge in [0.25, 0.3) is 0 Å². The third-order valence-corrected chi connectivity index (χ3v) is 0.464. The van der Waals surface area contributed by atoms with Crippen LogP contribution in [0.4, 0.5) is 0 Å². The molecule has 2 nitrogen and oxygen atoms in total. The summed E-state index contributed by atoms with van der Waals surface area (Å²) in [5.41, 5.74) is 0. The maximum Gasteiger partial charge on any atom is 0.316 e. The van der Waals surface area contributed by atoms with E-state index >= 15 is 0 Å². The Morgan fingerprint density at radius 3 is 2.00 bits per heavy atom. The van der Waals surface area contributed by atoms with Gasteiger partial charge in [-0.2, -0.15) is 0 Å². The monoisotopic (exact) mass is 178 g/mol. The van der Waals surface area contributed by atoms with Gasteiger partial charge in [0, 0.05) is 25.9 Å². The minimum absolute atomic E-state index is 0. The Morgan fingerprint density at radius 1 is 1.62 bits per heavy atom. The van der Waals surface area contributed by atoms with Crippen LogP contribution in [0.3, 0.4) is 0 Å². The number of carboxylic acid groups (broad SMARTS) is 1. The first-order chi connectivity index (χ1) is 2.77. The van der Waals surface area contributed by atoms with Gasteiger partial charge in [0.2, 0.25) is 0 Å². The summed E-state index contributed by atoms with van der Waals surface area (Å²) < 4.78 is 0. The van der Waals surface area contributed by atoms with Crippen LogP contribution in [0.15, 0.2) is 0 Å². The Labute approximate surface area is 77.9 Å². The minimum Gasteiger partial charge on any atom is -0.481 e. The minimum atomic E-state index is -0.711. The topological polar surface area (TPSA) is 37.3 Å². The smallest absolute Gasteiger partial charge is 0.316 e. The van der Waals surface area contributed by atoms with Crippen LogP contribution in [0.2, 0.25) is 0 Å². The van der Waals surface area contributed by atoms with Gasteiger partial charge in [0.15, 0.2) is 0 Å². The van der Waals surface area contributed by atoms with Crippen LogP contribution in [0.1, 0.15) is 19.8 Å². The molecule has 0 fully saturated rings. The van der Waals surface area contributed by atoms with Crippen molar-refractivity contribution in [3.63, 3.8) is 0 Å². The molecular formula is C4H10MgO2Zn. The average Bonchev–Trinajstić information content (AvgIpc) is 1.35. The van der Waals surface area contributed by atoms with E-state index in [1.807, 2.05) is 6.92 Å². The molecule has 0 aliphatic heterocycles. The third kappa shape index (κ3) is 15.8. The van der Waals surface area contributed by atoms with Crippen LogP contribution >= 0.6 is 0 Å². The molecule has 4 heteroatoms. The molecule has 0 aromatic rings. The van der Waals surface area contributed by atoms with Crippen molar-refractivity contribution in [2.24, 2.45) is 0 Å². The summed E-state index contributed by atoms with van der Waals surface area (Å²) in [6.07, 6.45) is 1.02. The summed E-state index contributed by atoms with van der Waals surface area (Å²) >= 11 is 0. The zero-order chi connectivity index (χ0) is 4.99. The SMILES string of the molecule is CCCC(=O)O.[MgH2].[Zn]. The Bertz CT molecular complexity index is 58.0. The molecule has 0 bridgehead atoms. The number of rotatable bonds is 2. The Morgan fingerprint density at radius 2 is 2.00 bits per heavy atom. The fourth-order valence-electron chi connectivity index (χ4n) is 0.214. The molecular weight excluding hydrogens is 170 g/mol. The molecule has 0 heterocycles. The third-order valence-electron chi connectivity index (χ3n) is 0.464. The van der Waals surface area contributed by atoms with Crippen LogP contribution in [-0.2, 0) is 24.3 Å². The maximum absolute atomic E-state index is 9.60. The Kier molecular flexibility index (Phi) is 21.5. The normalized spacial score (nSPS) is 6.12. The van der Waals surface area contributed by atoms with E-state index in [1.54, 1.807) is 0 Å². The molecule has 0 radical (unpaired) electrons. The number of carbonyl (C=O) groups is 1. The first kappa shape index (κ1) is 15.9. The molecule has 0 spiro atoms. The molecule has 0 amide bonds. The molecule has 0 saturated heterocycles. The molecule has 0 aliphatic rings. The van der Waals surface area contributed by atoms with Gasteiger partial charge in [0.05, 0.1) is 0 Å². The Balaban J connectivity index is -0.000000125. The average molecular weight is 180 g/mol. The second-order valence-corrected chi connectivity index (χ2v) is 1.14. The second kappa shape index (κ2) is 10.8. The summed E-state index contributed by atoms with van der Waals surface area (Å²) in [5, 5.41) is 7.91. The zero-order valence-corrected chi connectivity index (χ0v) is 7.44. The number of hydrogen-bond donors (Lipinski definition) is 1. The van der Waals surface area contributed by atoms with Gasteiger partial charge in [-0.05, 0) is 6.42 Å². The van der Waals surface area contributed by atoms with Crippen molar-refractivity contribution >= 4 is 29.0 Å². The first-order valence-corrected chi connectivity index (χ1v) is 1.99. The number of hydrogen-bond acceptors (Lipinski definition) is 1. The van der Waals surface area contributed by atoms with Gasteiger partial charge in [-0.15, -0.1) is 0 Å². The van der Waals surface area contributed by atoms with Gasteiger partial charge < -0.3 is 5.11 Å². The predicted molar refractivity (Wildman–Crippen MR) is 31.1 cm³/mol.